The van der Waals surface area contributed by atoms with Crippen LogP contribution in [0.15, 0.2) is 29.2 Å². The van der Waals surface area contributed by atoms with Crippen molar-refractivity contribution in [2.24, 2.45) is 5.92 Å². The Labute approximate surface area is 156 Å². The van der Waals surface area contributed by atoms with E-state index in [9.17, 15) is 18.5 Å². The van der Waals surface area contributed by atoms with Crippen molar-refractivity contribution in [2.75, 3.05) is 5.75 Å². The molecule has 1 aromatic rings. The van der Waals surface area contributed by atoms with Crippen LogP contribution in [0.25, 0.3) is 0 Å². The number of rotatable bonds is 4. The van der Waals surface area contributed by atoms with Crippen LogP contribution in [0.2, 0.25) is 0 Å². The number of ether oxygens (including phenoxy) is 4. The summed E-state index contributed by atoms with van der Waals surface area (Å²) in [7, 11) is -3.76. The molecule has 0 amide bonds. The summed E-state index contributed by atoms with van der Waals surface area (Å²) in [6.07, 6.45) is -4.36. The SMILES string of the molecule is Cc1ccc(S(=O)(=O)C[C@H]2[C@H]3O[C@@H]4OC(C)(C)O[C@@H]4[C@H]3O[C@@H]2[N+](=O)[O-])cc1. The highest BCUT2D eigenvalue weighted by atomic mass is 32.2. The summed E-state index contributed by atoms with van der Waals surface area (Å²) in [6.45, 7) is 5.27. The van der Waals surface area contributed by atoms with Crippen LogP contribution in [0.1, 0.15) is 19.4 Å². The number of aryl methyl sites for hydroxylation is 1. The first-order valence-corrected chi connectivity index (χ1v) is 10.3. The average Bonchev–Trinajstić information content (AvgIpc) is 3.15. The monoisotopic (exact) mass is 399 g/mol. The van der Waals surface area contributed by atoms with Gasteiger partial charge in [-0.1, -0.05) is 17.7 Å². The summed E-state index contributed by atoms with van der Waals surface area (Å²) < 4.78 is 48.4. The molecule has 0 radical (unpaired) electrons. The molecule has 27 heavy (non-hydrogen) atoms. The predicted molar refractivity (Wildman–Crippen MR) is 91.1 cm³/mol. The Morgan fingerprint density at radius 2 is 1.74 bits per heavy atom. The molecule has 1 aromatic carbocycles. The summed E-state index contributed by atoms with van der Waals surface area (Å²) in [5.74, 6) is -2.30. The van der Waals surface area contributed by atoms with Crippen molar-refractivity contribution in [1.82, 2.24) is 0 Å². The van der Waals surface area contributed by atoms with Gasteiger partial charge < -0.3 is 18.9 Å². The molecule has 3 aliphatic heterocycles. The molecule has 9 nitrogen and oxygen atoms in total. The minimum atomic E-state index is -3.76. The Morgan fingerprint density at radius 3 is 2.37 bits per heavy atom. The van der Waals surface area contributed by atoms with Gasteiger partial charge in [-0.05, 0) is 32.9 Å². The average molecular weight is 399 g/mol. The topological polar surface area (TPSA) is 114 Å². The molecule has 0 saturated carbocycles. The van der Waals surface area contributed by atoms with Gasteiger partial charge in [0.2, 0.25) is 0 Å². The fourth-order valence-electron chi connectivity index (χ4n) is 3.91. The highest BCUT2D eigenvalue weighted by Crippen LogP contribution is 2.46. The van der Waals surface area contributed by atoms with E-state index in [1.807, 2.05) is 6.92 Å². The van der Waals surface area contributed by atoms with Gasteiger partial charge in [0.15, 0.2) is 21.9 Å². The van der Waals surface area contributed by atoms with Crippen LogP contribution in [0, 0.1) is 23.0 Å². The zero-order valence-corrected chi connectivity index (χ0v) is 15.9. The second-order valence-electron chi connectivity index (χ2n) is 7.60. The highest BCUT2D eigenvalue weighted by Gasteiger charge is 2.65. The normalized spacial score (nSPS) is 37.1. The number of hydrogen-bond donors (Lipinski definition) is 0. The number of hydrogen-bond acceptors (Lipinski definition) is 8. The number of fused-ring (bicyclic) bond motifs is 3. The Morgan fingerprint density at radius 1 is 1.07 bits per heavy atom. The molecule has 3 saturated heterocycles. The fraction of sp³-hybridized carbons (Fsp3) is 0.647. The van der Waals surface area contributed by atoms with Gasteiger partial charge in [0.25, 0.3) is 0 Å². The molecular formula is C17H21NO8S. The summed E-state index contributed by atoms with van der Waals surface area (Å²) in [4.78, 5) is 11.0. The zero-order chi connectivity index (χ0) is 19.6. The van der Waals surface area contributed by atoms with Gasteiger partial charge in [-0.15, -0.1) is 0 Å². The van der Waals surface area contributed by atoms with Crippen molar-refractivity contribution in [3.63, 3.8) is 0 Å². The van der Waals surface area contributed by atoms with E-state index in [0.29, 0.717) is 0 Å². The number of benzene rings is 1. The van der Waals surface area contributed by atoms with E-state index in [1.54, 1.807) is 26.0 Å². The van der Waals surface area contributed by atoms with E-state index in [2.05, 4.69) is 0 Å². The van der Waals surface area contributed by atoms with Crippen molar-refractivity contribution in [3.8, 4) is 0 Å². The number of sulfone groups is 1. The number of nitrogens with zero attached hydrogens (tertiary/aromatic N) is 1. The second-order valence-corrected chi connectivity index (χ2v) is 9.64. The molecule has 3 fully saturated rings. The predicted octanol–water partition coefficient (Wildman–Crippen LogP) is 1.26. The van der Waals surface area contributed by atoms with E-state index in [4.69, 9.17) is 18.9 Å². The molecule has 0 spiro atoms. The Balaban J connectivity index is 1.59. The van der Waals surface area contributed by atoms with Crippen LogP contribution in [-0.2, 0) is 28.8 Å². The van der Waals surface area contributed by atoms with Crippen molar-refractivity contribution in [1.29, 1.82) is 0 Å². The Bertz CT molecular complexity index is 852. The van der Waals surface area contributed by atoms with Crippen LogP contribution in [-0.4, -0.2) is 55.7 Å². The maximum absolute atomic E-state index is 12.8. The molecule has 10 heteroatoms. The third-order valence-electron chi connectivity index (χ3n) is 5.11. The zero-order valence-electron chi connectivity index (χ0n) is 15.1. The molecule has 3 aliphatic rings. The van der Waals surface area contributed by atoms with E-state index >= 15 is 0 Å². The minimum Gasteiger partial charge on any atom is -0.343 e. The lowest BCUT2D eigenvalue weighted by Gasteiger charge is -2.22. The van der Waals surface area contributed by atoms with E-state index in [-0.39, 0.29) is 4.90 Å². The second kappa shape index (κ2) is 6.21. The summed E-state index contributed by atoms with van der Waals surface area (Å²) in [5, 5.41) is 11.5. The van der Waals surface area contributed by atoms with Crippen molar-refractivity contribution >= 4 is 9.84 Å². The molecule has 0 aliphatic carbocycles. The van der Waals surface area contributed by atoms with Gasteiger partial charge in [-0.2, -0.15) is 0 Å². The lowest BCUT2D eigenvalue weighted by atomic mass is 10.0. The van der Waals surface area contributed by atoms with E-state index < -0.39 is 63.0 Å². The first kappa shape index (κ1) is 18.8. The van der Waals surface area contributed by atoms with Gasteiger partial charge in [0, 0.05) is 0 Å². The maximum atomic E-state index is 12.8. The third-order valence-corrected chi connectivity index (χ3v) is 6.93. The van der Waals surface area contributed by atoms with Gasteiger partial charge in [0.1, 0.15) is 18.3 Å². The molecule has 0 bridgehead atoms. The molecule has 4 rings (SSSR count). The lowest BCUT2D eigenvalue weighted by Crippen LogP contribution is -2.37. The Hall–Kier alpha value is -1.59. The van der Waals surface area contributed by atoms with Crippen LogP contribution in [0.5, 0.6) is 0 Å². The van der Waals surface area contributed by atoms with Crippen LogP contribution in [0.4, 0.5) is 0 Å². The quantitative estimate of drug-likeness (QED) is 0.549. The standard InChI is InChI=1S/C17H21NO8S/c1-9-4-6-10(7-5-9)27(21,22)8-11-12-13(23-15(11)18(19)20)14-16(24-12)26-17(2,3)25-14/h4-7,11-16H,8H2,1-3H3/t11-,12+,13-,14+,15-,16+/m0/s1. The van der Waals surface area contributed by atoms with Crippen LogP contribution in [0.3, 0.4) is 0 Å². The van der Waals surface area contributed by atoms with Crippen molar-refractivity contribution in [2.45, 2.75) is 62.3 Å². The van der Waals surface area contributed by atoms with Gasteiger partial charge >= 0.3 is 6.23 Å². The molecule has 0 N–H and O–H groups in total. The summed E-state index contributed by atoms with van der Waals surface area (Å²) in [6, 6.07) is 6.37. The highest BCUT2D eigenvalue weighted by molar-refractivity contribution is 7.91. The smallest absolute Gasteiger partial charge is 0.322 e. The van der Waals surface area contributed by atoms with Gasteiger partial charge in [-0.3, -0.25) is 10.1 Å². The minimum absolute atomic E-state index is 0.116. The van der Waals surface area contributed by atoms with Gasteiger partial charge in [0.05, 0.1) is 21.5 Å². The van der Waals surface area contributed by atoms with Gasteiger partial charge in [-0.25, -0.2) is 8.42 Å². The first-order chi connectivity index (χ1) is 12.6. The fourth-order valence-corrected chi connectivity index (χ4v) is 5.51. The lowest BCUT2D eigenvalue weighted by molar-refractivity contribution is -0.580. The molecule has 0 aromatic heterocycles. The summed E-state index contributed by atoms with van der Waals surface area (Å²) in [5.41, 5.74) is 0.922. The molecule has 3 heterocycles. The molecule has 148 valence electrons. The first-order valence-electron chi connectivity index (χ1n) is 8.67. The molecular weight excluding hydrogens is 378 g/mol. The third kappa shape index (κ3) is 3.25. The van der Waals surface area contributed by atoms with Crippen LogP contribution < -0.4 is 0 Å². The molecule has 6 atom stereocenters. The van der Waals surface area contributed by atoms with Crippen molar-refractivity contribution < 1.29 is 32.3 Å². The van der Waals surface area contributed by atoms with E-state index in [0.717, 1.165) is 5.56 Å². The van der Waals surface area contributed by atoms with Crippen molar-refractivity contribution in [3.05, 3.63) is 39.9 Å². The van der Waals surface area contributed by atoms with Crippen LogP contribution >= 0.6 is 0 Å². The largest absolute Gasteiger partial charge is 0.343 e. The Kier molecular flexibility index (Phi) is 4.32. The maximum Gasteiger partial charge on any atom is 0.322 e. The van der Waals surface area contributed by atoms with E-state index in [1.165, 1.54) is 12.1 Å². The summed E-state index contributed by atoms with van der Waals surface area (Å²) >= 11 is 0. The molecule has 0 unspecified atom stereocenters. The number of nitro groups is 1.